The predicted molar refractivity (Wildman–Crippen MR) is 123 cm³/mol. The van der Waals surface area contributed by atoms with Crippen LogP contribution in [0.2, 0.25) is 10.0 Å². The molecule has 3 aromatic carbocycles. The van der Waals surface area contributed by atoms with Crippen molar-refractivity contribution in [2.24, 2.45) is 0 Å². The van der Waals surface area contributed by atoms with E-state index >= 15 is 0 Å². The third kappa shape index (κ3) is 5.64. The summed E-state index contributed by atoms with van der Waals surface area (Å²) in [6.45, 7) is 0.205. The molecule has 0 aliphatic heterocycles. The molecule has 0 fully saturated rings. The SMILES string of the molecule is N#C/C(=C\c1ccccc1OCc1ccccc1Cl)C(=O)Nc1ccc([N+](=O)[O-])cc1Cl. The van der Waals surface area contributed by atoms with Gasteiger partial charge in [0.25, 0.3) is 11.6 Å². The summed E-state index contributed by atoms with van der Waals surface area (Å²) in [7, 11) is 0. The molecule has 0 aliphatic rings. The Bertz CT molecular complexity index is 1250. The number of hydrogen-bond acceptors (Lipinski definition) is 5. The van der Waals surface area contributed by atoms with Gasteiger partial charge in [-0.3, -0.25) is 14.9 Å². The zero-order chi connectivity index (χ0) is 23.1. The Morgan fingerprint density at radius 1 is 1.09 bits per heavy atom. The number of non-ortho nitro benzene ring substituents is 1. The molecule has 160 valence electrons. The average molecular weight is 468 g/mol. The maximum absolute atomic E-state index is 12.6. The van der Waals surface area contributed by atoms with Gasteiger partial charge in [-0.05, 0) is 24.3 Å². The third-order valence-electron chi connectivity index (χ3n) is 4.34. The van der Waals surface area contributed by atoms with Gasteiger partial charge in [-0.2, -0.15) is 5.26 Å². The van der Waals surface area contributed by atoms with E-state index in [1.165, 1.54) is 18.2 Å². The van der Waals surface area contributed by atoms with Crippen LogP contribution in [0.1, 0.15) is 11.1 Å². The lowest BCUT2D eigenvalue weighted by atomic mass is 10.1. The number of halogens is 2. The highest BCUT2D eigenvalue weighted by atomic mass is 35.5. The van der Waals surface area contributed by atoms with Crippen LogP contribution in [0.15, 0.2) is 72.3 Å². The number of anilines is 1. The molecule has 0 bridgehead atoms. The molecule has 0 aliphatic carbocycles. The number of benzene rings is 3. The van der Waals surface area contributed by atoms with Gasteiger partial charge in [0, 0.05) is 28.3 Å². The van der Waals surface area contributed by atoms with E-state index in [4.69, 9.17) is 27.9 Å². The van der Waals surface area contributed by atoms with E-state index in [0.29, 0.717) is 16.3 Å². The van der Waals surface area contributed by atoms with E-state index < -0.39 is 10.8 Å². The normalized spacial score (nSPS) is 10.8. The summed E-state index contributed by atoms with van der Waals surface area (Å²) < 4.78 is 5.85. The predicted octanol–water partition coefficient (Wildman–Crippen LogP) is 6.03. The summed E-state index contributed by atoms with van der Waals surface area (Å²) in [5.41, 5.74) is 1.04. The smallest absolute Gasteiger partial charge is 0.271 e. The monoisotopic (exact) mass is 467 g/mol. The second kappa shape index (κ2) is 10.4. The van der Waals surface area contributed by atoms with Crippen molar-refractivity contribution in [1.29, 1.82) is 5.26 Å². The van der Waals surface area contributed by atoms with Crippen molar-refractivity contribution in [3.63, 3.8) is 0 Å². The molecule has 1 amide bonds. The van der Waals surface area contributed by atoms with Crippen LogP contribution < -0.4 is 10.1 Å². The van der Waals surface area contributed by atoms with E-state index in [0.717, 1.165) is 11.6 Å². The van der Waals surface area contributed by atoms with Crippen LogP contribution >= 0.6 is 23.2 Å². The van der Waals surface area contributed by atoms with Crippen molar-refractivity contribution >= 4 is 46.6 Å². The van der Waals surface area contributed by atoms with Crippen LogP contribution in [-0.4, -0.2) is 10.8 Å². The second-order valence-electron chi connectivity index (χ2n) is 6.46. The summed E-state index contributed by atoms with van der Waals surface area (Å²) in [4.78, 5) is 22.8. The maximum atomic E-state index is 12.6. The van der Waals surface area contributed by atoms with E-state index in [2.05, 4.69) is 5.32 Å². The molecule has 0 saturated heterocycles. The number of amides is 1. The molecule has 3 aromatic rings. The van der Waals surface area contributed by atoms with Gasteiger partial charge in [-0.15, -0.1) is 0 Å². The first kappa shape index (κ1) is 22.8. The minimum atomic E-state index is -0.718. The van der Waals surface area contributed by atoms with Gasteiger partial charge in [0.05, 0.1) is 15.6 Å². The van der Waals surface area contributed by atoms with Crippen molar-refractivity contribution in [1.82, 2.24) is 0 Å². The molecule has 0 radical (unpaired) electrons. The van der Waals surface area contributed by atoms with Crippen LogP contribution in [0.4, 0.5) is 11.4 Å². The first-order valence-electron chi connectivity index (χ1n) is 9.21. The van der Waals surface area contributed by atoms with Crippen LogP contribution in [0, 0.1) is 21.4 Å². The van der Waals surface area contributed by atoms with Gasteiger partial charge < -0.3 is 10.1 Å². The van der Waals surface area contributed by atoms with Gasteiger partial charge >= 0.3 is 0 Å². The fourth-order valence-corrected chi connectivity index (χ4v) is 3.13. The molecular formula is C23H15Cl2N3O4. The summed E-state index contributed by atoms with van der Waals surface area (Å²) >= 11 is 12.2. The lowest BCUT2D eigenvalue weighted by Crippen LogP contribution is -2.14. The topological polar surface area (TPSA) is 105 Å². The lowest BCUT2D eigenvalue weighted by molar-refractivity contribution is -0.384. The zero-order valence-corrected chi connectivity index (χ0v) is 17.9. The van der Waals surface area contributed by atoms with E-state index in [1.807, 2.05) is 24.3 Å². The minimum Gasteiger partial charge on any atom is -0.488 e. The number of carbonyl (C=O) groups is 1. The summed E-state index contributed by atoms with van der Waals surface area (Å²) in [5.74, 6) is -0.259. The molecule has 0 unspecified atom stereocenters. The number of nitriles is 1. The van der Waals surface area contributed by atoms with E-state index in [-0.39, 0.29) is 28.6 Å². The minimum absolute atomic E-state index is 0.0201. The largest absolute Gasteiger partial charge is 0.488 e. The van der Waals surface area contributed by atoms with Gasteiger partial charge in [0.2, 0.25) is 0 Å². The Morgan fingerprint density at radius 3 is 2.50 bits per heavy atom. The molecule has 3 rings (SSSR count). The number of rotatable bonds is 7. The Kier molecular flexibility index (Phi) is 7.45. The Morgan fingerprint density at radius 2 is 1.81 bits per heavy atom. The highest BCUT2D eigenvalue weighted by Gasteiger charge is 2.15. The van der Waals surface area contributed by atoms with E-state index in [9.17, 15) is 20.2 Å². The first-order valence-corrected chi connectivity index (χ1v) is 9.97. The highest BCUT2D eigenvalue weighted by Crippen LogP contribution is 2.28. The van der Waals surface area contributed by atoms with Gasteiger partial charge in [-0.1, -0.05) is 59.6 Å². The Hall–Kier alpha value is -3.86. The number of ether oxygens (including phenoxy) is 1. The molecule has 0 aromatic heterocycles. The van der Waals surface area contributed by atoms with Crippen molar-refractivity contribution in [3.05, 3.63) is 104 Å². The number of nitro groups is 1. The molecule has 7 nitrogen and oxygen atoms in total. The summed E-state index contributed by atoms with van der Waals surface area (Å²) in [5, 5.41) is 23.4. The standard InChI is InChI=1S/C23H15Cl2N3O4/c24-19-7-3-1-6-16(19)14-32-22-8-4-2-5-15(22)11-17(13-26)23(29)27-21-10-9-18(28(30)31)12-20(21)25/h1-12H,14H2,(H,27,29)/b17-11+. The number of nitrogens with one attached hydrogen (secondary N) is 1. The highest BCUT2D eigenvalue weighted by molar-refractivity contribution is 6.34. The molecule has 32 heavy (non-hydrogen) atoms. The van der Waals surface area contributed by atoms with Crippen molar-refractivity contribution in [3.8, 4) is 11.8 Å². The first-order chi connectivity index (χ1) is 15.4. The van der Waals surface area contributed by atoms with Gasteiger partial charge in [0.15, 0.2) is 0 Å². The molecule has 0 spiro atoms. The fraction of sp³-hybridized carbons (Fsp3) is 0.0435. The van der Waals surface area contributed by atoms with Crippen LogP contribution in [0.3, 0.4) is 0 Å². The van der Waals surface area contributed by atoms with Gasteiger partial charge in [-0.25, -0.2) is 0 Å². The maximum Gasteiger partial charge on any atom is 0.271 e. The number of nitro benzene ring substituents is 1. The second-order valence-corrected chi connectivity index (χ2v) is 7.28. The number of para-hydroxylation sites is 1. The molecule has 0 heterocycles. The van der Waals surface area contributed by atoms with Gasteiger partial charge in [0.1, 0.15) is 24.0 Å². The number of nitrogens with zero attached hydrogens (tertiary/aromatic N) is 2. The zero-order valence-electron chi connectivity index (χ0n) is 16.4. The van der Waals surface area contributed by atoms with Crippen LogP contribution in [0.5, 0.6) is 5.75 Å². The molecular weight excluding hydrogens is 453 g/mol. The van der Waals surface area contributed by atoms with Crippen LogP contribution in [0.25, 0.3) is 6.08 Å². The Labute approximate surface area is 193 Å². The molecule has 9 heteroatoms. The number of hydrogen-bond donors (Lipinski definition) is 1. The summed E-state index contributed by atoms with van der Waals surface area (Å²) in [6.07, 6.45) is 1.39. The van der Waals surface area contributed by atoms with E-state index in [1.54, 1.807) is 30.3 Å². The molecule has 0 atom stereocenters. The summed E-state index contributed by atoms with van der Waals surface area (Å²) in [6, 6.07) is 19.6. The molecule has 1 N–H and O–H groups in total. The third-order valence-corrected chi connectivity index (χ3v) is 5.02. The molecule has 0 saturated carbocycles. The number of carbonyl (C=O) groups excluding carboxylic acids is 1. The fourth-order valence-electron chi connectivity index (χ4n) is 2.71. The quantitative estimate of drug-likeness (QED) is 0.197. The van der Waals surface area contributed by atoms with Crippen molar-refractivity contribution < 1.29 is 14.5 Å². The van der Waals surface area contributed by atoms with Crippen molar-refractivity contribution in [2.45, 2.75) is 6.61 Å². The lowest BCUT2D eigenvalue weighted by Gasteiger charge is -2.11. The van der Waals surface area contributed by atoms with Crippen molar-refractivity contribution in [2.75, 3.05) is 5.32 Å². The average Bonchev–Trinajstić information content (AvgIpc) is 2.78. The van der Waals surface area contributed by atoms with Crippen LogP contribution in [-0.2, 0) is 11.4 Å². The Balaban J connectivity index is 1.80.